The highest BCUT2D eigenvalue weighted by Gasteiger charge is 2.29. The van der Waals surface area contributed by atoms with Crippen molar-refractivity contribution in [2.45, 2.75) is 109 Å². The van der Waals surface area contributed by atoms with Gasteiger partial charge in [-0.05, 0) is 61.9 Å². The maximum atomic E-state index is 13.2. The molecule has 2 aromatic carbocycles. The van der Waals surface area contributed by atoms with Crippen LogP contribution in [0.15, 0.2) is 41.3 Å². The minimum atomic E-state index is -3.88. The number of anilines is 1. The molecule has 194 valence electrons. The Morgan fingerprint density at radius 3 is 2.06 bits per heavy atom. The first kappa shape index (κ1) is 29.1. The molecule has 6 heteroatoms. The third-order valence-corrected chi connectivity index (χ3v) is 8.85. The highest BCUT2D eigenvalue weighted by atomic mass is 32.2. The van der Waals surface area contributed by atoms with E-state index in [1.54, 1.807) is 26.8 Å². The lowest BCUT2D eigenvalue weighted by Gasteiger charge is -2.20. The molecular formula is C29H43NO4S. The van der Waals surface area contributed by atoms with E-state index in [0.29, 0.717) is 28.8 Å². The molecule has 0 unspecified atom stereocenters. The van der Waals surface area contributed by atoms with Crippen LogP contribution in [0.4, 0.5) is 5.69 Å². The van der Waals surface area contributed by atoms with E-state index < -0.39 is 15.3 Å². The number of amides is 1. The van der Waals surface area contributed by atoms with Gasteiger partial charge in [0.15, 0.2) is 5.44 Å². The Morgan fingerprint density at radius 2 is 1.46 bits per heavy atom. The number of rotatable bonds is 15. The van der Waals surface area contributed by atoms with Gasteiger partial charge in [0, 0.05) is 5.69 Å². The summed E-state index contributed by atoms with van der Waals surface area (Å²) < 4.78 is 26.5. The first-order chi connectivity index (χ1) is 16.7. The first-order valence-corrected chi connectivity index (χ1v) is 14.6. The molecule has 0 bridgehead atoms. The summed E-state index contributed by atoms with van der Waals surface area (Å²) in [6, 6.07) is 11.2. The summed E-state index contributed by atoms with van der Waals surface area (Å²) in [7, 11) is -3.88. The van der Waals surface area contributed by atoms with Gasteiger partial charge in [0.1, 0.15) is 0 Å². The molecule has 0 spiro atoms. The third kappa shape index (κ3) is 8.76. The topological polar surface area (TPSA) is 83.5 Å². The zero-order valence-corrected chi connectivity index (χ0v) is 22.7. The van der Waals surface area contributed by atoms with Crippen LogP contribution in [0.2, 0.25) is 0 Å². The normalized spacial score (nSPS) is 12.5. The number of aliphatic hydroxyl groups is 1. The maximum absolute atomic E-state index is 13.2. The minimum absolute atomic E-state index is 0.154. The van der Waals surface area contributed by atoms with Crippen LogP contribution in [0.1, 0.15) is 93.4 Å². The number of nitrogens with one attached hydrogen (secondary N) is 1. The molecule has 0 heterocycles. The number of unbranched alkanes of at least 4 members (excludes halogenated alkanes) is 8. The molecule has 0 aliphatic rings. The molecular weight excluding hydrogens is 458 g/mol. The van der Waals surface area contributed by atoms with E-state index in [2.05, 4.69) is 12.2 Å². The van der Waals surface area contributed by atoms with Crippen molar-refractivity contribution >= 4 is 21.4 Å². The number of hydrogen-bond donors (Lipinski definition) is 2. The number of aryl methyl sites for hydroxylation is 1. The number of carbonyl (C=O) groups excluding carboxylic acids is 1. The molecule has 5 nitrogen and oxygen atoms in total. The van der Waals surface area contributed by atoms with Gasteiger partial charge in [-0.1, -0.05) is 88.6 Å². The van der Waals surface area contributed by atoms with Gasteiger partial charge < -0.3 is 10.4 Å². The zero-order chi connectivity index (χ0) is 25.8. The van der Waals surface area contributed by atoms with Crippen molar-refractivity contribution in [3.8, 4) is 0 Å². The molecule has 0 saturated carbocycles. The van der Waals surface area contributed by atoms with Gasteiger partial charge in [-0.2, -0.15) is 0 Å². The molecule has 0 saturated heterocycles. The third-order valence-electron chi connectivity index (χ3n) is 6.71. The summed E-state index contributed by atoms with van der Waals surface area (Å²) >= 11 is 0. The lowest BCUT2D eigenvalue weighted by molar-refractivity contribution is -0.115. The number of carbonyl (C=O) groups is 1. The fraction of sp³-hybridized carbons (Fsp3) is 0.552. The van der Waals surface area contributed by atoms with Gasteiger partial charge in [0.2, 0.25) is 15.7 Å². The van der Waals surface area contributed by atoms with Gasteiger partial charge in [0.25, 0.3) is 0 Å². The summed E-state index contributed by atoms with van der Waals surface area (Å²) in [6.45, 7) is 7.48. The maximum Gasteiger partial charge on any atom is 0.228 e. The quantitative estimate of drug-likeness (QED) is 0.263. The summed E-state index contributed by atoms with van der Waals surface area (Å²) in [4.78, 5) is 12.7. The van der Waals surface area contributed by atoms with E-state index in [1.165, 1.54) is 38.5 Å². The minimum Gasteiger partial charge on any atom is -0.377 e. The van der Waals surface area contributed by atoms with Crippen LogP contribution in [0.25, 0.3) is 0 Å². The number of benzene rings is 2. The molecule has 0 radical (unpaired) electrons. The summed E-state index contributed by atoms with van der Waals surface area (Å²) in [5.74, 6) is -0.154. The van der Waals surface area contributed by atoms with Gasteiger partial charge in [-0.25, -0.2) is 8.42 Å². The van der Waals surface area contributed by atoms with Crippen molar-refractivity contribution in [2.75, 3.05) is 5.32 Å². The van der Waals surface area contributed by atoms with Crippen LogP contribution in [-0.4, -0.2) is 24.9 Å². The van der Waals surface area contributed by atoms with Crippen LogP contribution >= 0.6 is 0 Å². The smallest absolute Gasteiger partial charge is 0.228 e. The van der Waals surface area contributed by atoms with Gasteiger partial charge in [-0.3, -0.25) is 4.79 Å². The monoisotopic (exact) mass is 501 g/mol. The molecule has 2 rings (SSSR count). The van der Waals surface area contributed by atoms with Crippen LogP contribution in [0.5, 0.6) is 0 Å². The predicted octanol–water partition coefficient (Wildman–Crippen LogP) is 6.81. The molecule has 0 aromatic heterocycles. The van der Waals surface area contributed by atoms with Crippen molar-refractivity contribution in [2.24, 2.45) is 0 Å². The number of hydrogen-bond acceptors (Lipinski definition) is 4. The van der Waals surface area contributed by atoms with Crippen LogP contribution in [-0.2, 0) is 21.1 Å². The summed E-state index contributed by atoms with van der Waals surface area (Å²) in [6.07, 6.45) is 10.7. The fourth-order valence-electron chi connectivity index (χ4n) is 4.52. The molecule has 0 aliphatic carbocycles. The number of aliphatic hydroxyl groups excluding tert-OH is 1. The number of sulfone groups is 1. The molecule has 35 heavy (non-hydrogen) atoms. The summed E-state index contributed by atoms with van der Waals surface area (Å²) in [5.41, 5.74) is 1.91. The predicted molar refractivity (Wildman–Crippen MR) is 144 cm³/mol. The van der Waals surface area contributed by atoms with E-state index in [4.69, 9.17) is 0 Å². The van der Waals surface area contributed by atoms with Crippen molar-refractivity contribution in [3.05, 3.63) is 58.7 Å². The molecule has 0 fully saturated rings. The Labute approximate surface area is 212 Å². The first-order valence-electron chi connectivity index (χ1n) is 13.0. The van der Waals surface area contributed by atoms with Crippen molar-refractivity contribution < 1.29 is 18.3 Å². The average molecular weight is 502 g/mol. The average Bonchev–Trinajstić information content (AvgIpc) is 2.81. The van der Waals surface area contributed by atoms with E-state index in [-0.39, 0.29) is 23.6 Å². The zero-order valence-electron chi connectivity index (χ0n) is 21.9. The SMILES string of the molecule is CCCCCCCCCCC[C@@H](O)S(=O)(=O)c1c(C)cc(NC(=O)Cc2ccccc2)c(C)c1C. The Kier molecular flexibility index (Phi) is 12.0. The van der Waals surface area contributed by atoms with Crippen molar-refractivity contribution in [1.82, 2.24) is 0 Å². The largest absolute Gasteiger partial charge is 0.377 e. The van der Waals surface area contributed by atoms with E-state index in [0.717, 1.165) is 18.4 Å². The van der Waals surface area contributed by atoms with Crippen molar-refractivity contribution in [3.63, 3.8) is 0 Å². The Hall–Kier alpha value is -2.18. The van der Waals surface area contributed by atoms with Crippen molar-refractivity contribution in [1.29, 1.82) is 0 Å². The highest BCUT2D eigenvalue weighted by molar-refractivity contribution is 7.92. The van der Waals surface area contributed by atoms with E-state index in [1.807, 2.05) is 30.3 Å². The Balaban J connectivity index is 1.97. The molecule has 2 N–H and O–H groups in total. The van der Waals surface area contributed by atoms with Gasteiger partial charge in [0.05, 0.1) is 11.3 Å². The lowest BCUT2D eigenvalue weighted by atomic mass is 10.0. The van der Waals surface area contributed by atoms with Gasteiger partial charge in [-0.15, -0.1) is 0 Å². The Morgan fingerprint density at radius 1 is 0.886 bits per heavy atom. The molecule has 2 aromatic rings. The molecule has 0 aliphatic heterocycles. The van der Waals surface area contributed by atoms with Crippen LogP contribution < -0.4 is 5.32 Å². The van der Waals surface area contributed by atoms with Gasteiger partial charge >= 0.3 is 0 Å². The van der Waals surface area contributed by atoms with E-state index in [9.17, 15) is 18.3 Å². The molecule has 1 amide bonds. The van der Waals surface area contributed by atoms with Crippen LogP contribution in [0, 0.1) is 20.8 Å². The molecule has 1 atom stereocenters. The lowest BCUT2D eigenvalue weighted by Crippen LogP contribution is -2.23. The standard InChI is InChI=1S/C29H43NO4S/c1-5-6-7-8-9-10-11-12-16-19-28(32)35(33,34)29-22(2)20-26(23(3)24(29)4)30-27(31)21-25-17-14-13-15-18-25/h13-15,17-18,20,28,32H,5-12,16,19,21H2,1-4H3,(H,30,31)/t28-/m0/s1. The second-order valence-electron chi connectivity index (χ2n) is 9.65. The van der Waals surface area contributed by atoms with Crippen LogP contribution in [0.3, 0.4) is 0 Å². The second-order valence-corrected chi connectivity index (χ2v) is 11.7. The Bertz CT molecular complexity index is 1050. The fourth-order valence-corrected chi connectivity index (χ4v) is 6.36. The second kappa shape index (κ2) is 14.4. The van der Waals surface area contributed by atoms with E-state index >= 15 is 0 Å². The highest BCUT2D eigenvalue weighted by Crippen LogP contribution is 2.32. The summed E-state index contributed by atoms with van der Waals surface area (Å²) in [5, 5.41) is 13.5.